The molecule has 0 bridgehead atoms. The Morgan fingerprint density at radius 2 is 2.21 bits per heavy atom. The molecule has 0 radical (unpaired) electrons. The van der Waals surface area contributed by atoms with Crippen LogP contribution in [0.4, 0.5) is 5.95 Å². The first-order chi connectivity index (χ1) is 14.1. The minimum absolute atomic E-state index is 0.0131. The Labute approximate surface area is 167 Å². The molecule has 3 heterocycles. The highest BCUT2D eigenvalue weighted by molar-refractivity contribution is 7.47. The van der Waals surface area contributed by atoms with Crippen LogP contribution in [0, 0.1) is 0 Å². The van der Waals surface area contributed by atoms with Gasteiger partial charge < -0.3 is 28.8 Å². The number of aromatic amines is 1. The van der Waals surface area contributed by atoms with Crippen molar-refractivity contribution < 1.29 is 18.5 Å². The molecule has 3 aromatic rings. The van der Waals surface area contributed by atoms with E-state index in [9.17, 15) is 4.79 Å². The largest absolute Gasteiger partial charge is 0.497 e. The van der Waals surface area contributed by atoms with Crippen molar-refractivity contribution in [2.24, 2.45) is 0 Å². The summed E-state index contributed by atoms with van der Waals surface area (Å²) in [6.45, 7) is 1.51. The zero-order valence-corrected chi connectivity index (χ0v) is 16.8. The Balaban J connectivity index is 1.29. The Hall–Kier alpha value is -2.52. The first-order valence-electron chi connectivity index (χ1n) is 9.13. The number of aromatic nitrogens is 4. The second kappa shape index (κ2) is 8.87. The minimum atomic E-state index is -1.13. The van der Waals surface area contributed by atoms with Crippen LogP contribution >= 0.6 is 8.38 Å². The molecule has 2 atom stereocenters. The Kier molecular flexibility index (Phi) is 6.05. The fraction of sp³-hybridized carbons (Fsp3) is 0.389. The van der Waals surface area contributed by atoms with Crippen LogP contribution in [0.15, 0.2) is 35.4 Å². The van der Waals surface area contributed by atoms with E-state index in [4.69, 9.17) is 24.3 Å². The highest BCUT2D eigenvalue weighted by Gasteiger charge is 2.25. The van der Waals surface area contributed by atoms with Crippen LogP contribution in [0.2, 0.25) is 0 Å². The van der Waals surface area contributed by atoms with Gasteiger partial charge in [-0.05, 0) is 17.7 Å². The predicted molar refractivity (Wildman–Crippen MR) is 108 cm³/mol. The number of anilines is 1. The van der Waals surface area contributed by atoms with Gasteiger partial charge in [0.2, 0.25) is 5.95 Å². The Bertz CT molecular complexity index is 1020. The van der Waals surface area contributed by atoms with Crippen LogP contribution in [0.25, 0.3) is 11.2 Å². The van der Waals surface area contributed by atoms with Crippen molar-refractivity contribution in [3.05, 3.63) is 46.5 Å². The first-order valence-corrected chi connectivity index (χ1v) is 10.5. The minimum Gasteiger partial charge on any atom is -0.497 e. The lowest BCUT2D eigenvalue weighted by atomic mass is 10.1. The number of nitrogens with zero attached hydrogens (tertiary/aromatic N) is 3. The molecular weight excluding hydrogens is 397 g/mol. The highest BCUT2D eigenvalue weighted by Crippen LogP contribution is 2.48. The van der Waals surface area contributed by atoms with Crippen molar-refractivity contribution in [2.75, 3.05) is 32.4 Å². The molecule has 1 aliphatic heterocycles. The summed E-state index contributed by atoms with van der Waals surface area (Å²) < 4.78 is 24.5. The molecule has 0 spiro atoms. The average molecular weight is 419 g/mol. The third-order valence-electron chi connectivity index (χ3n) is 4.51. The molecule has 11 heteroatoms. The van der Waals surface area contributed by atoms with Crippen molar-refractivity contribution in [1.82, 2.24) is 19.5 Å². The van der Waals surface area contributed by atoms with Gasteiger partial charge in [-0.25, -0.2) is 4.98 Å². The van der Waals surface area contributed by atoms with E-state index < -0.39 is 8.38 Å². The van der Waals surface area contributed by atoms with Gasteiger partial charge in [-0.2, -0.15) is 4.98 Å². The zero-order valence-electron chi connectivity index (χ0n) is 15.9. The number of imidazole rings is 1. The lowest BCUT2D eigenvalue weighted by molar-refractivity contribution is 0.0819. The molecule has 10 nitrogen and oxygen atoms in total. The maximum atomic E-state index is 11.8. The molecule has 2 unspecified atom stereocenters. The second-order valence-corrected chi connectivity index (χ2v) is 7.81. The van der Waals surface area contributed by atoms with Gasteiger partial charge in [-0.15, -0.1) is 0 Å². The number of rotatable bonds is 7. The van der Waals surface area contributed by atoms with Crippen molar-refractivity contribution in [1.29, 1.82) is 0 Å². The van der Waals surface area contributed by atoms with E-state index >= 15 is 0 Å². The molecule has 1 aliphatic rings. The van der Waals surface area contributed by atoms with Gasteiger partial charge in [0.1, 0.15) is 12.1 Å². The van der Waals surface area contributed by atoms with Crippen molar-refractivity contribution in [3.8, 4) is 5.75 Å². The zero-order chi connectivity index (χ0) is 20.2. The van der Waals surface area contributed by atoms with Gasteiger partial charge in [-0.3, -0.25) is 9.78 Å². The number of methoxy groups -OCH3 is 1. The third-order valence-corrected chi connectivity index (χ3v) is 5.87. The summed E-state index contributed by atoms with van der Waals surface area (Å²) in [5.74, 6) is 0.874. The molecule has 4 rings (SSSR count). The maximum absolute atomic E-state index is 11.8. The van der Waals surface area contributed by atoms with Crippen molar-refractivity contribution >= 4 is 25.5 Å². The van der Waals surface area contributed by atoms with E-state index in [1.54, 1.807) is 18.0 Å². The van der Waals surface area contributed by atoms with Gasteiger partial charge in [0.05, 0.1) is 32.8 Å². The number of H-pyrrole nitrogens is 1. The fourth-order valence-corrected chi connectivity index (χ4v) is 4.33. The molecule has 0 amide bonds. The van der Waals surface area contributed by atoms with E-state index in [2.05, 4.69) is 15.0 Å². The number of benzene rings is 1. The first kappa shape index (κ1) is 19.8. The number of ether oxygens (including phenoxy) is 2. The van der Waals surface area contributed by atoms with Crippen LogP contribution < -0.4 is 16.0 Å². The smallest absolute Gasteiger partial charge is 0.280 e. The third kappa shape index (κ3) is 4.56. The van der Waals surface area contributed by atoms with Gasteiger partial charge >= 0.3 is 0 Å². The van der Waals surface area contributed by atoms with Gasteiger partial charge in [0.25, 0.3) is 5.56 Å². The van der Waals surface area contributed by atoms with Gasteiger partial charge in [0.15, 0.2) is 19.5 Å². The summed E-state index contributed by atoms with van der Waals surface area (Å²) in [6, 6.07) is 7.87. The van der Waals surface area contributed by atoms with Crippen molar-refractivity contribution in [3.63, 3.8) is 0 Å². The molecule has 1 saturated heterocycles. The number of hydrogen-bond acceptors (Lipinski definition) is 8. The van der Waals surface area contributed by atoms with Gasteiger partial charge in [0, 0.05) is 13.0 Å². The summed E-state index contributed by atoms with van der Waals surface area (Å²) in [6.07, 6.45) is 2.70. The second-order valence-electron chi connectivity index (χ2n) is 6.42. The number of nitrogens with two attached hydrogens (primary N) is 1. The van der Waals surface area contributed by atoms with Gasteiger partial charge in [-0.1, -0.05) is 12.1 Å². The van der Waals surface area contributed by atoms with Crippen LogP contribution in [0.5, 0.6) is 5.75 Å². The molecule has 1 aromatic carbocycles. The monoisotopic (exact) mass is 419 g/mol. The summed E-state index contributed by atoms with van der Waals surface area (Å²) in [4.78, 5) is 22.4. The number of fused-ring (bicyclic) bond motifs is 1. The van der Waals surface area contributed by atoms with E-state index in [1.807, 2.05) is 24.3 Å². The number of hydrogen-bond donors (Lipinski definition) is 2. The quantitative estimate of drug-likeness (QED) is 0.441. The Morgan fingerprint density at radius 1 is 1.38 bits per heavy atom. The maximum Gasteiger partial charge on any atom is 0.280 e. The molecule has 0 aliphatic carbocycles. The fourth-order valence-electron chi connectivity index (χ4n) is 3.04. The molecule has 154 valence electrons. The van der Waals surface area contributed by atoms with E-state index in [0.717, 1.165) is 17.7 Å². The highest BCUT2D eigenvalue weighted by atomic mass is 31.2. The molecule has 3 N–H and O–H groups in total. The number of nitrogen functional groups attached to an aromatic ring is 1. The summed E-state index contributed by atoms with van der Waals surface area (Å²) in [5, 5.41) is 0. The SMILES string of the molecule is COc1ccc(C2CCOP(COCCn3cnc4c(=O)[nH]c(N)nc43)O2)cc1. The molecule has 2 aromatic heterocycles. The van der Waals surface area contributed by atoms with E-state index in [1.165, 1.54) is 0 Å². The van der Waals surface area contributed by atoms with Crippen molar-refractivity contribution in [2.45, 2.75) is 19.1 Å². The summed E-state index contributed by atoms with van der Waals surface area (Å²) in [5.41, 5.74) is 7.04. The molecule has 29 heavy (non-hydrogen) atoms. The molecule has 1 fully saturated rings. The predicted octanol–water partition coefficient (Wildman–Crippen LogP) is 2.17. The van der Waals surface area contributed by atoms with E-state index in [0.29, 0.717) is 31.8 Å². The summed E-state index contributed by atoms with van der Waals surface area (Å²) >= 11 is 0. The topological polar surface area (TPSA) is 127 Å². The molecule has 0 saturated carbocycles. The van der Waals surface area contributed by atoms with Crippen LogP contribution in [0.3, 0.4) is 0 Å². The van der Waals surface area contributed by atoms with Crippen LogP contribution in [0.1, 0.15) is 18.1 Å². The summed E-state index contributed by atoms with van der Waals surface area (Å²) in [7, 11) is 0.516. The average Bonchev–Trinajstić information content (AvgIpc) is 3.14. The number of nitrogens with one attached hydrogen (secondary N) is 1. The standard InChI is InChI=1S/C18H22N5O5P/c1-25-13-4-2-12(3-5-13)14-6-8-27-29(28-14)11-26-9-7-23-10-20-15-16(23)21-18(19)22-17(15)24/h2-5,10,14H,6-9,11H2,1H3,(H3,19,21,22,24). The lowest BCUT2D eigenvalue weighted by Gasteiger charge is -2.29. The Morgan fingerprint density at radius 3 is 3.00 bits per heavy atom. The van der Waals surface area contributed by atoms with Crippen LogP contribution in [-0.4, -0.2) is 46.2 Å². The van der Waals surface area contributed by atoms with E-state index in [-0.39, 0.29) is 23.1 Å². The normalized spacial score (nSPS) is 19.5. The van der Waals surface area contributed by atoms with Crippen LogP contribution in [-0.2, 0) is 20.3 Å². The molecular formula is C18H22N5O5P. The lowest BCUT2D eigenvalue weighted by Crippen LogP contribution is -2.15.